The molecule has 3 rings (SSSR count). The number of benzene rings is 1. The molecule has 0 saturated carbocycles. The van der Waals surface area contributed by atoms with E-state index in [-0.39, 0.29) is 12.0 Å². The molecule has 0 unspecified atom stereocenters. The second kappa shape index (κ2) is 7.70. The zero-order valence-corrected chi connectivity index (χ0v) is 14.9. The lowest BCUT2D eigenvalue weighted by atomic mass is 9.87. The van der Waals surface area contributed by atoms with Gasteiger partial charge in [-0.2, -0.15) is 5.10 Å². The predicted molar refractivity (Wildman–Crippen MR) is 96.4 cm³/mol. The monoisotopic (exact) mass is 342 g/mol. The minimum Gasteiger partial charge on any atom is -0.491 e. The third kappa shape index (κ3) is 3.85. The van der Waals surface area contributed by atoms with Crippen LogP contribution >= 0.6 is 0 Å². The van der Waals surface area contributed by atoms with Gasteiger partial charge in [-0.05, 0) is 51.9 Å². The molecule has 1 aliphatic heterocycles. The van der Waals surface area contributed by atoms with Crippen molar-refractivity contribution in [3.63, 3.8) is 0 Å². The van der Waals surface area contributed by atoms with Crippen LogP contribution in [0.1, 0.15) is 32.3 Å². The van der Waals surface area contributed by atoms with Gasteiger partial charge in [0.1, 0.15) is 11.3 Å². The van der Waals surface area contributed by atoms with Gasteiger partial charge >= 0.3 is 0 Å². The molecule has 2 N–H and O–H groups in total. The predicted octanol–water partition coefficient (Wildman–Crippen LogP) is 2.07. The summed E-state index contributed by atoms with van der Waals surface area (Å²) in [5.41, 5.74) is 0.358. The van der Waals surface area contributed by atoms with E-state index in [0.29, 0.717) is 6.54 Å². The molecule has 1 aliphatic rings. The lowest BCUT2D eigenvalue weighted by molar-refractivity contribution is -0.132. The van der Waals surface area contributed by atoms with Crippen molar-refractivity contribution in [2.75, 3.05) is 13.1 Å². The van der Waals surface area contributed by atoms with Gasteiger partial charge in [0.2, 0.25) is 5.91 Å². The summed E-state index contributed by atoms with van der Waals surface area (Å²) in [7, 11) is 0. The number of ether oxygens (including phenoxy) is 1. The standard InChI is InChI=1S/C19H26N4O2/c1-15(2)25-17-7-4-3-6-16(17)14-21-18(24)19(8-11-20-12-9-19)23-13-5-10-22-23/h3-7,10,13,15,20H,8-9,11-12,14H2,1-2H3,(H,21,24). The maximum absolute atomic E-state index is 13.1. The summed E-state index contributed by atoms with van der Waals surface area (Å²) in [4.78, 5) is 13.1. The molecule has 0 spiro atoms. The topological polar surface area (TPSA) is 68.2 Å². The molecule has 1 fully saturated rings. The van der Waals surface area contributed by atoms with Gasteiger partial charge < -0.3 is 15.4 Å². The minimum atomic E-state index is -0.622. The molecule has 0 bridgehead atoms. The molecular weight excluding hydrogens is 316 g/mol. The summed E-state index contributed by atoms with van der Waals surface area (Å²) in [6.45, 7) is 6.05. The first kappa shape index (κ1) is 17.5. The average molecular weight is 342 g/mol. The Morgan fingerprint density at radius 1 is 1.32 bits per heavy atom. The first-order valence-corrected chi connectivity index (χ1v) is 8.85. The summed E-state index contributed by atoms with van der Waals surface area (Å²) in [5.74, 6) is 0.827. The molecule has 2 heterocycles. The van der Waals surface area contributed by atoms with E-state index in [9.17, 15) is 4.79 Å². The van der Waals surface area contributed by atoms with Gasteiger partial charge in [-0.15, -0.1) is 0 Å². The lowest BCUT2D eigenvalue weighted by Crippen LogP contribution is -2.54. The maximum atomic E-state index is 13.1. The molecule has 0 aliphatic carbocycles. The summed E-state index contributed by atoms with van der Waals surface area (Å²) in [6, 6.07) is 9.70. The third-order valence-electron chi connectivity index (χ3n) is 4.57. The van der Waals surface area contributed by atoms with Crippen LogP contribution in [0, 0.1) is 0 Å². The van der Waals surface area contributed by atoms with Crippen LogP contribution in [-0.2, 0) is 16.9 Å². The Hall–Kier alpha value is -2.34. The first-order chi connectivity index (χ1) is 12.1. The fraction of sp³-hybridized carbons (Fsp3) is 0.474. The average Bonchev–Trinajstić information content (AvgIpc) is 3.16. The Labute approximate surface area is 148 Å². The molecule has 1 aromatic heterocycles. The molecule has 0 atom stereocenters. The van der Waals surface area contributed by atoms with Crippen LogP contribution in [0.15, 0.2) is 42.7 Å². The Morgan fingerprint density at radius 2 is 2.08 bits per heavy atom. The normalized spacial score (nSPS) is 16.6. The Morgan fingerprint density at radius 3 is 2.76 bits per heavy atom. The van der Waals surface area contributed by atoms with Crippen molar-refractivity contribution in [2.24, 2.45) is 0 Å². The number of carbonyl (C=O) groups is 1. The van der Waals surface area contributed by atoms with Crippen molar-refractivity contribution in [3.05, 3.63) is 48.3 Å². The van der Waals surface area contributed by atoms with Gasteiger partial charge in [0.25, 0.3) is 0 Å². The van der Waals surface area contributed by atoms with Gasteiger partial charge in [0, 0.05) is 24.5 Å². The zero-order chi connectivity index (χ0) is 17.7. The largest absolute Gasteiger partial charge is 0.491 e. The van der Waals surface area contributed by atoms with Crippen LogP contribution in [0.5, 0.6) is 5.75 Å². The molecule has 6 nitrogen and oxygen atoms in total. The number of para-hydroxylation sites is 1. The van der Waals surface area contributed by atoms with E-state index in [0.717, 1.165) is 37.2 Å². The molecule has 0 radical (unpaired) electrons. The number of hydrogen-bond donors (Lipinski definition) is 2. The minimum absolute atomic E-state index is 0.0112. The Balaban J connectivity index is 1.75. The molecular formula is C19H26N4O2. The third-order valence-corrected chi connectivity index (χ3v) is 4.57. The maximum Gasteiger partial charge on any atom is 0.248 e. The molecule has 1 saturated heterocycles. The summed E-state index contributed by atoms with van der Waals surface area (Å²) < 4.78 is 7.65. The highest BCUT2D eigenvalue weighted by atomic mass is 16.5. The van der Waals surface area contributed by atoms with Crippen LogP contribution in [0.4, 0.5) is 0 Å². The number of nitrogens with one attached hydrogen (secondary N) is 2. The highest BCUT2D eigenvalue weighted by molar-refractivity contribution is 5.84. The van der Waals surface area contributed by atoms with Crippen LogP contribution in [0.3, 0.4) is 0 Å². The SMILES string of the molecule is CC(C)Oc1ccccc1CNC(=O)C1(n2cccn2)CCNCC1. The van der Waals surface area contributed by atoms with Crippen LogP contribution < -0.4 is 15.4 Å². The first-order valence-electron chi connectivity index (χ1n) is 8.85. The van der Waals surface area contributed by atoms with Crippen LogP contribution in [0.25, 0.3) is 0 Å². The second-order valence-electron chi connectivity index (χ2n) is 6.69. The summed E-state index contributed by atoms with van der Waals surface area (Å²) in [6.07, 6.45) is 5.15. The molecule has 2 aromatic rings. The van der Waals surface area contributed by atoms with Crippen molar-refractivity contribution < 1.29 is 9.53 Å². The van der Waals surface area contributed by atoms with Crippen LogP contribution in [0.2, 0.25) is 0 Å². The van der Waals surface area contributed by atoms with Crippen molar-refractivity contribution in [1.82, 2.24) is 20.4 Å². The van der Waals surface area contributed by atoms with Gasteiger partial charge in [0.05, 0.1) is 6.10 Å². The van der Waals surface area contributed by atoms with Crippen molar-refractivity contribution in [3.8, 4) is 5.75 Å². The molecule has 1 aromatic carbocycles. The number of hydrogen-bond acceptors (Lipinski definition) is 4. The van der Waals surface area contributed by atoms with Crippen molar-refractivity contribution in [1.29, 1.82) is 0 Å². The fourth-order valence-electron chi connectivity index (χ4n) is 3.28. The number of rotatable bonds is 6. The summed E-state index contributed by atoms with van der Waals surface area (Å²) in [5, 5.41) is 10.8. The zero-order valence-electron chi connectivity index (χ0n) is 14.9. The van der Waals surface area contributed by atoms with Gasteiger partial charge in [-0.1, -0.05) is 18.2 Å². The van der Waals surface area contributed by atoms with E-state index in [1.54, 1.807) is 10.9 Å². The van der Waals surface area contributed by atoms with E-state index < -0.39 is 5.54 Å². The number of piperidine rings is 1. The lowest BCUT2D eigenvalue weighted by Gasteiger charge is -2.36. The number of amides is 1. The number of nitrogens with zero attached hydrogens (tertiary/aromatic N) is 2. The molecule has 134 valence electrons. The van der Waals surface area contributed by atoms with E-state index in [1.165, 1.54) is 0 Å². The van der Waals surface area contributed by atoms with Crippen molar-refractivity contribution in [2.45, 2.75) is 44.9 Å². The Kier molecular flexibility index (Phi) is 5.38. The van der Waals surface area contributed by atoms with Crippen LogP contribution in [-0.4, -0.2) is 34.9 Å². The number of aromatic nitrogens is 2. The number of carbonyl (C=O) groups excluding carboxylic acids is 1. The smallest absolute Gasteiger partial charge is 0.248 e. The van der Waals surface area contributed by atoms with E-state index in [2.05, 4.69) is 15.7 Å². The van der Waals surface area contributed by atoms with E-state index in [4.69, 9.17) is 4.74 Å². The van der Waals surface area contributed by atoms with Gasteiger partial charge in [-0.3, -0.25) is 9.48 Å². The molecule has 1 amide bonds. The quantitative estimate of drug-likeness (QED) is 0.843. The van der Waals surface area contributed by atoms with E-state index >= 15 is 0 Å². The summed E-state index contributed by atoms with van der Waals surface area (Å²) >= 11 is 0. The van der Waals surface area contributed by atoms with Crippen molar-refractivity contribution >= 4 is 5.91 Å². The molecule has 25 heavy (non-hydrogen) atoms. The van der Waals surface area contributed by atoms with E-state index in [1.807, 2.05) is 50.4 Å². The molecule has 6 heteroatoms. The Bertz CT molecular complexity index is 691. The van der Waals surface area contributed by atoms with Gasteiger partial charge in [-0.25, -0.2) is 0 Å². The van der Waals surface area contributed by atoms with Gasteiger partial charge in [0.15, 0.2) is 0 Å². The fourth-order valence-corrected chi connectivity index (χ4v) is 3.28. The highest BCUT2D eigenvalue weighted by Crippen LogP contribution is 2.28. The highest BCUT2D eigenvalue weighted by Gasteiger charge is 2.41. The second-order valence-corrected chi connectivity index (χ2v) is 6.69.